The first-order valence-electron chi connectivity index (χ1n) is 8.29. The Balaban J connectivity index is 3.20. The van der Waals surface area contributed by atoms with Crippen molar-refractivity contribution in [2.24, 2.45) is 0 Å². The van der Waals surface area contributed by atoms with E-state index in [1.165, 1.54) is 64.2 Å². The topological polar surface area (TPSA) is 43.7 Å². The van der Waals surface area contributed by atoms with Gasteiger partial charge < -0.3 is 10.2 Å². The Morgan fingerprint density at radius 1 is 0.579 bits per heavy atom. The van der Waals surface area contributed by atoms with Crippen molar-refractivity contribution in [3.8, 4) is 0 Å². The van der Waals surface area contributed by atoms with Crippen LogP contribution < -0.4 is 0 Å². The van der Waals surface area contributed by atoms with Crippen molar-refractivity contribution in [1.82, 2.24) is 4.90 Å². The Hall–Kier alpha value is -0.120. The third kappa shape index (κ3) is 14.1. The molecule has 0 saturated carbocycles. The summed E-state index contributed by atoms with van der Waals surface area (Å²) in [6.45, 7) is 5.04. The molecule has 0 aliphatic rings. The van der Waals surface area contributed by atoms with Gasteiger partial charge in [0.1, 0.15) is 0 Å². The van der Waals surface area contributed by atoms with Gasteiger partial charge in [0.25, 0.3) is 0 Å². The maximum absolute atomic E-state index is 8.90. The normalized spacial score (nSPS) is 11.4. The molecule has 19 heavy (non-hydrogen) atoms. The maximum Gasteiger partial charge on any atom is 0.0558 e. The first-order chi connectivity index (χ1) is 9.35. The van der Waals surface area contributed by atoms with E-state index in [2.05, 4.69) is 11.8 Å². The molecule has 0 aromatic heterocycles. The van der Waals surface area contributed by atoms with Gasteiger partial charge in [-0.3, -0.25) is 4.90 Å². The smallest absolute Gasteiger partial charge is 0.0558 e. The van der Waals surface area contributed by atoms with Gasteiger partial charge in [-0.25, -0.2) is 0 Å². The fraction of sp³-hybridized carbons (Fsp3) is 1.00. The fourth-order valence-corrected chi connectivity index (χ4v) is 2.44. The van der Waals surface area contributed by atoms with Crippen LogP contribution in [0.3, 0.4) is 0 Å². The van der Waals surface area contributed by atoms with E-state index in [0.29, 0.717) is 13.1 Å². The van der Waals surface area contributed by atoms with Crippen LogP contribution in [-0.4, -0.2) is 48.0 Å². The fourth-order valence-electron chi connectivity index (χ4n) is 2.44. The van der Waals surface area contributed by atoms with Crippen molar-refractivity contribution < 1.29 is 10.2 Å². The highest BCUT2D eigenvalue weighted by molar-refractivity contribution is 4.57. The Kier molecular flexibility index (Phi) is 15.8. The van der Waals surface area contributed by atoms with Crippen molar-refractivity contribution in [3.05, 3.63) is 0 Å². The molecule has 3 heteroatoms. The summed E-state index contributed by atoms with van der Waals surface area (Å²) < 4.78 is 0. The number of hydrogen-bond donors (Lipinski definition) is 2. The van der Waals surface area contributed by atoms with Crippen LogP contribution in [0.1, 0.15) is 71.1 Å². The third-order valence-corrected chi connectivity index (χ3v) is 3.66. The van der Waals surface area contributed by atoms with Gasteiger partial charge in [-0.2, -0.15) is 0 Å². The van der Waals surface area contributed by atoms with E-state index in [9.17, 15) is 0 Å². The lowest BCUT2D eigenvalue weighted by atomic mass is 10.1. The van der Waals surface area contributed by atoms with E-state index in [1.807, 2.05) is 0 Å². The lowest BCUT2D eigenvalue weighted by Crippen LogP contribution is -2.30. The van der Waals surface area contributed by atoms with Gasteiger partial charge in [0.15, 0.2) is 0 Å². The van der Waals surface area contributed by atoms with Crippen LogP contribution in [0.4, 0.5) is 0 Å². The SMILES string of the molecule is CCCCCCCCCCCCN(CCO)CCO. The molecule has 2 N–H and O–H groups in total. The summed E-state index contributed by atoms with van der Waals surface area (Å²) >= 11 is 0. The van der Waals surface area contributed by atoms with Crippen LogP contribution in [0.2, 0.25) is 0 Å². The van der Waals surface area contributed by atoms with Gasteiger partial charge in [0, 0.05) is 13.1 Å². The standard InChI is InChI=1S/C16H35NO2/c1-2-3-4-5-6-7-8-9-10-11-12-17(13-15-18)14-16-19/h18-19H,2-16H2,1H3. The Labute approximate surface area is 120 Å². The minimum absolute atomic E-state index is 0.192. The summed E-state index contributed by atoms with van der Waals surface area (Å²) in [5.41, 5.74) is 0. The maximum atomic E-state index is 8.90. The number of hydrogen-bond acceptors (Lipinski definition) is 3. The second kappa shape index (κ2) is 15.9. The third-order valence-electron chi connectivity index (χ3n) is 3.66. The molecule has 0 aromatic carbocycles. The molecule has 3 nitrogen and oxygen atoms in total. The van der Waals surface area contributed by atoms with Crippen LogP contribution in [-0.2, 0) is 0 Å². The molecular weight excluding hydrogens is 238 g/mol. The van der Waals surface area contributed by atoms with Crippen molar-refractivity contribution >= 4 is 0 Å². The monoisotopic (exact) mass is 273 g/mol. The van der Waals surface area contributed by atoms with Crippen molar-refractivity contribution in [2.75, 3.05) is 32.8 Å². The van der Waals surface area contributed by atoms with E-state index in [4.69, 9.17) is 10.2 Å². The van der Waals surface area contributed by atoms with Crippen LogP contribution >= 0.6 is 0 Å². The second-order valence-electron chi connectivity index (χ2n) is 5.47. The predicted molar refractivity (Wildman–Crippen MR) is 82.5 cm³/mol. The Morgan fingerprint density at radius 2 is 1.00 bits per heavy atom. The summed E-state index contributed by atoms with van der Waals surface area (Å²) in [4.78, 5) is 2.14. The zero-order valence-electron chi connectivity index (χ0n) is 12.9. The van der Waals surface area contributed by atoms with Gasteiger partial charge in [0.2, 0.25) is 0 Å². The van der Waals surface area contributed by atoms with Crippen molar-refractivity contribution in [2.45, 2.75) is 71.1 Å². The summed E-state index contributed by atoms with van der Waals surface area (Å²) in [6, 6.07) is 0. The number of aliphatic hydroxyl groups excluding tert-OH is 2. The van der Waals surface area contributed by atoms with E-state index in [0.717, 1.165) is 6.54 Å². The van der Waals surface area contributed by atoms with Gasteiger partial charge in [-0.1, -0.05) is 64.7 Å². The first-order valence-corrected chi connectivity index (χ1v) is 8.29. The highest BCUT2D eigenvalue weighted by Crippen LogP contribution is 2.10. The molecule has 0 amide bonds. The average Bonchev–Trinajstić information content (AvgIpc) is 2.41. The molecule has 116 valence electrons. The molecule has 0 bridgehead atoms. The number of nitrogens with zero attached hydrogens (tertiary/aromatic N) is 1. The van der Waals surface area contributed by atoms with E-state index in [-0.39, 0.29) is 13.2 Å². The highest BCUT2D eigenvalue weighted by atomic mass is 16.3. The summed E-state index contributed by atoms with van der Waals surface area (Å²) in [7, 11) is 0. The molecular formula is C16H35NO2. The van der Waals surface area contributed by atoms with Crippen LogP contribution in [0.25, 0.3) is 0 Å². The highest BCUT2D eigenvalue weighted by Gasteiger charge is 2.02. The molecule has 0 radical (unpaired) electrons. The molecule has 0 fully saturated rings. The molecule has 0 rings (SSSR count). The van der Waals surface area contributed by atoms with Crippen LogP contribution in [0.5, 0.6) is 0 Å². The first kappa shape index (κ1) is 18.9. The van der Waals surface area contributed by atoms with E-state index < -0.39 is 0 Å². The molecule has 0 spiro atoms. The minimum Gasteiger partial charge on any atom is -0.395 e. The Bertz CT molecular complexity index is 159. The molecule has 0 aromatic rings. The molecule has 0 aliphatic carbocycles. The number of unbranched alkanes of at least 4 members (excludes halogenated alkanes) is 9. The quantitative estimate of drug-likeness (QED) is 0.450. The van der Waals surface area contributed by atoms with Crippen molar-refractivity contribution in [3.63, 3.8) is 0 Å². The lowest BCUT2D eigenvalue weighted by Gasteiger charge is -2.19. The number of rotatable bonds is 15. The van der Waals surface area contributed by atoms with Crippen molar-refractivity contribution in [1.29, 1.82) is 0 Å². The van der Waals surface area contributed by atoms with Gasteiger partial charge in [-0.15, -0.1) is 0 Å². The number of aliphatic hydroxyl groups is 2. The van der Waals surface area contributed by atoms with E-state index in [1.54, 1.807) is 0 Å². The van der Waals surface area contributed by atoms with Gasteiger partial charge >= 0.3 is 0 Å². The lowest BCUT2D eigenvalue weighted by molar-refractivity contribution is 0.159. The molecule has 0 unspecified atom stereocenters. The van der Waals surface area contributed by atoms with Crippen LogP contribution in [0, 0.1) is 0 Å². The van der Waals surface area contributed by atoms with Crippen LogP contribution in [0.15, 0.2) is 0 Å². The zero-order valence-corrected chi connectivity index (χ0v) is 12.9. The molecule has 0 atom stereocenters. The molecule has 0 saturated heterocycles. The van der Waals surface area contributed by atoms with Gasteiger partial charge in [0.05, 0.1) is 13.2 Å². The van der Waals surface area contributed by atoms with Gasteiger partial charge in [-0.05, 0) is 13.0 Å². The Morgan fingerprint density at radius 3 is 1.42 bits per heavy atom. The molecule has 0 aliphatic heterocycles. The minimum atomic E-state index is 0.192. The zero-order chi connectivity index (χ0) is 14.2. The second-order valence-corrected chi connectivity index (χ2v) is 5.47. The van der Waals surface area contributed by atoms with E-state index >= 15 is 0 Å². The summed E-state index contributed by atoms with van der Waals surface area (Å²) in [6.07, 6.45) is 13.5. The summed E-state index contributed by atoms with van der Waals surface area (Å²) in [5, 5.41) is 17.8. The average molecular weight is 273 g/mol. The summed E-state index contributed by atoms with van der Waals surface area (Å²) in [5.74, 6) is 0. The predicted octanol–water partition coefficient (Wildman–Crippen LogP) is 3.19. The molecule has 0 heterocycles. The largest absolute Gasteiger partial charge is 0.395 e.